The summed E-state index contributed by atoms with van der Waals surface area (Å²) >= 11 is 0. The molecule has 2 rings (SSSR count). The summed E-state index contributed by atoms with van der Waals surface area (Å²) in [5.41, 5.74) is 0. The van der Waals surface area contributed by atoms with Crippen molar-refractivity contribution in [3.63, 3.8) is 0 Å². The van der Waals surface area contributed by atoms with E-state index in [1.54, 1.807) is 0 Å². The molecule has 1 unspecified atom stereocenters. The van der Waals surface area contributed by atoms with Crippen LogP contribution in [0.3, 0.4) is 0 Å². The van der Waals surface area contributed by atoms with Gasteiger partial charge < -0.3 is 49.6 Å². The Morgan fingerprint density at radius 1 is 1.23 bits per heavy atom. The average Bonchev–Trinajstić information content (AvgIpc) is 2.79. The summed E-state index contributed by atoms with van der Waals surface area (Å²) in [5.74, 6) is 0. The lowest BCUT2D eigenvalue weighted by Gasteiger charge is -2.38. The third-order valence-corrected chi connectivity index (χ3v) is 3.78. The summed E-state index contributed by atoms with van der Waals surface area (Å²) < 4.78 is 15.6. The van der Waals surface area contributed by atoms with Crippen molar-refractivity contribution in [3.05, 3.63) is 0 Å². The van der Waals surface area contributed by atoms with Crippen LogP contribution >= 0.6 is 0 Å². The molecule has 0 aliphatic carbocycles. The molecule has 128 valence electrons. The number of fused-ring (bicyclic) bond motifs is 2. The Labute approximate surface area is 125 Å². The number of aliphatic hydroxyl groups excluding tert-OH is 6. The van der Waals surface area contributed by atoms with Crippen molar-refractivity contribution in [3.8, 4) is 0 Å². The summed E-state index contributed by atoms with van der Waals surface area (Å²) in [6.07, 6.45) is -12.4. The molecule has 0 aromatic carbocycles. The summed E-state index contributed by atoms with van der Waals surface area (Å²) in [5, 5.41) is 57.4. The number of hydrogen-bond acceptors (Lipinski definition) is 10. The summed E-state index contributed by atoms with van der Waals surface area (Å²) in [6, 6.07) is 0. The molecule has 9 atom stereocenters. The maximum absolute atomic E-state index is 10.7. The first-order chi connectivity index (χ1) is 10.4. The normalized spacial score (nSPS) is 40.0. The van der Waals surface area contributed by atoms with Gasteiger partial charge in [0.05, 0.1) is 13.2 Å². The Balaban J connectivity index is 2.08. The summed E-state index contributed by atoms with van der Waals surface area (Å²) in [4.78, 5) is 10.7. The molecule has 0 aromatic rings. The molecule has 22 heavy (non-hydrogen) atoms. The molecule has 2 heterocycles. The van der Waals surface area contributed by atoms with E-state index in [2.05, 4.69) is 0 Å². The van der Waals surface area contributed by atoms with Crippen molar-refractivity contribution in [2.75, 3.05) is 13.2 Å². The van der Waals surface area contributed by atoms with Crippen LogP contribution in [0, 0.1) is 0 Å². The average molecular weight is 324 g/mol. The number of aldehydes is 1. The Bertz CT molecular complexity index is 379. The van der Waals surface area contributed by atoms with E-state index in [0.29, 0.717) is 0 Å². The second kappa shape index (κ2) is 7.25. The van der Waals surface area contributed by atoms with Crippen LogP contribution in [0.4, 0.5) is 0 Å². The molecular formula is C12H20O10. The van der Waals surface area contributed by atoms with Crippen LogP contribution in [-0.4, -0.2) is 105 Å². The highest BCUT2D eigenvalue weighted by Gasteiger charge is 2.52. The fourth-order valence-electron chi connectivity index (χ4n) is 2.48. The van der Waals surface area contributed by atoms with Gasteiger partial charge >= 0.3 is 0 Å². The Morgan fingerprint density at radius 2 is 1.91 bits per heavy atom. The van der Waals surface area contributed by atoms with Crippen molar-refractivity contribution in [1.82, 2.24) is 0 Å². The van der Waals surface area contributed by atoms with Crippen LogP contribution in [-0.2, 0) is 19.0 Å². The van der Waals surface area contributed by atoms with Crippen molar-refractivity contribution >= 4 is 6.29 Å². The van der Waals surface area contributed by atoms with Crippen LogP contribution in [0.2, 0.25) is 0 Å². The maximum atomic E-state index is 10.7. The first-order valence-electron chi connectivity index (χ1n) is 6.79. The van der Waals surface area contributed by atoms with E-state index in [4.69, 9.17) is 19.3 Å². The monoisotopic (exact) mass is 324 g/mol. The van der Waals surface area contributed by atoms with E-state index in [9.17, 15) is 30.3 Å². The number of carbonyl (C=O) groups excluding carboxylic acids is 1. The van der Waals surface area contributed by atoms with E-state index in [-0.39, 0.29) is 12.9 Å². The van der Waals surface area contributed by atoms with E-state index < -0.39 is 61.7 Å². The molecule has 2 saturated heterocycles. The standard InChI is InChI=1S/C12H20O10/c13-1-4(15)7(17)10(5(16)2-14)22-12-9(19)11-8(18)6(21-12)3-20-11/h2,4-13,15-19H,1,3H2/t4-,5+,6+,7+,8?,9+,10-,11-,12+/m1/s1. The molecule has 10 heteroatoms. The van der Waals surface area contributed by atoms with Gasteiger partial charge in [-0.15, -0.1) is 0 Å². The first kappa shape index (κ1) is 17.7. The topological polar surface area (TPSA) is 166 Å². The number of aliphatic hydroxyl groups is 6. The molecule has 2 fully saturated rings. The molecule has 6 N–H and O–H groups in total. The van der Waals surface area contributed by atoms with Crippen LogP contribution in [0.15, 0.2) is 0 Å². The molecule has 0 spiro atoms. The van der Waals surface area contributed by atoms with Gasteiger partial charge in [0.15, 0.2) is 12.6 Å². The fraction of sp³-hybridized carbons (Fsp3) is 0.917. The fourth-order valence-corrected chi connectivity index (χ4v) is 2.48. The number of carbonyl (C=O) groups is 1. The number of rotatable bonds is 7. The van der Waals surface area contributed by atoms with Crippen molar-refractivity contribution < 1.29 is 49.6 Å². The van der Waals surface area contributed by atoms with Gasteiger partial charge in [-0.2, -0.15) is 0 Å². The molecule has 0 aromatic heterocycles. The van der Waals surface area contributed by atoms with Crippen molar-refractivity contribution in [1.29, 1.82) is 0 Å². The molecular weight excluding hydrogens is 304 g/mol. The third-order valence-electron chi connectivity index (χ3n) is 3.78. The highest BCUT2D eigenvalue weighted by molar-refractivity contribution is 5.56. The largest absolute Gasteiger partial charge is 0.394 e. The molecule has 10 nitrogen and oxygen atoms in total. The smallest absolute Gasteiger partial charge is 0.187 e. The van der Waals surface area contributed by atoms with Crippen molar-refractivity contribution in [2.45, 2.75) is 55.1 Å². The molecule has 2 bridgehead atoms. The van der Waals surface area contributed by atoms with E-state index in [1.165, 1.54) is 0 Å². The molecule has 0 amide bonds. The van der Waals surface area contributed by atoms with Gasteiger partial charge in [0.2, 0.25) is 0 Å². The van der Waals surface area contributed by atoms with E-state index in [1.807, 2.05) is 0 Å². The minimum atomic E-state index is -1.82. The van der Waals surface area contributed by atoms with Crippen LogP contribution in [0.1, 0.15) is 0 Å². The highest BCUT2D eigenvalue weighted by atomic mass is 16.7. The molecule has 0 saturated carbocycles. The number of hydrogen-bond donors (Lipinski definition) is 6. The second-order valence-corrected chi connectivity index (χ2v) is 5.29. The van der Waals surface area contributed by atoms with Crippen molar-refractivity contribution in [2.24, 2.45) is 0 Å². The predicted molar refractivity (Wildman–Crippen MR) is 66.5 cm³/mol. The zero-order valence-corrected chi connectivity index (χ0v) is 11.5. The van der Waals surface area contributed by atoms with E-state index >= 15 is 0 Å². The van der Waals surface area contributed by atoms with E-state index in [0.717, 1.165) is 0 Å². The van der Waals surface area contributed by atoms with Gasteiger partial charge in [-0.3, -0.25) is 0 Å². The molecule has 0 radical (unpaired) electrons. The van der Waals surface area contributed by atoms with Gasteiger partial charge in [-0.1, -0.05) is 0 Å². The highest BCUT2D eigenvalue weighted by Crippen LogP contribution is 2.31. The minimum absolute atomic E-state index is 0.0332. The first-order valence-corrected chi connectivity index (χ1v) is 6.79. The minimum Gasteiger partial charge on any atom is -0.394 e. The Morgan fingerprint density at radius 3 is 2.50 bits per heavy atom. The SMILES string of the molecule is O=C[C@H](O)[C@@H](O[C@@H]1O[C@H]2CO[C@H](C2O)[C@@H]1O)[C@@H](O)[C@H](O)CO. The van der Waals surface area contributed by atoms with Gasteiger partial charge in [-0.25, -0.2) is 0 Å². The lowest BCUT2D eigenvalue weighted by Crippen LogP contribution is -2.58. The lowest BCUT2D eigenvalue weighted by atomic mass is 10.0. The zero-order chi connectivity index (χ0) is 16.4. The Hall–Kier alpha value is -0.690. The zero-order valence-electron chi connectivity index (χ0n) is 11.5. The third kappa shape index (κ3) is 3.30. The van der Waals surface area contributed by atoms with Crippen LogP contribution < -0.4 is 0 Å². The van der Waals surface area contributed by atoms with Crippen LogP contribution in [0.25, 0.3) is 0 Å². The lowest BCUT2D eigenvalue weighted by molar-refractivity contribution is -0.295. The summed E-state index contributed by atoms with van der Waals surface area (Å²) in [6.45, 7) is -0.792. The molecule has 2 aliphatic rings. The summed E-state index contributed by atoms with van der Waals surface area (Å²) in [7, 11) is 0. The van der Waals surface area contributed by atoms with Gasteiger partial charge in [-0.05, 0) is 0 Å². The van der Waals surface area contributed by atoms with Gasteiger partial charge in [0.1, 0.15) is 48.8 Å². The van der Waals surface area contributed by atoms with Gasteiger partial charge in [0.25, 0.3) is 0 Å². The maximum Gasteiger partial charge on any atom is 0.187 e. The second-order valence-electron chi connectivity index (χ2n) is 5.29. The Kier molecular flexibility index (Phi) is 5.82. The predicted octanol–water partition coefficient (Wildman–Crippen LogP) is -4.51. The number of ether oxygens (including phenoxy) is 3. The quantitative estimate of drug-likeness (QED) is 0.251. The molecule has 2 aliphatic heterocycles. The van der Waals surface area contributed by atoms with Gasteiger partial charge in [0, 0.05) is 0 Å². The van der Waals surface area contributed by atoms with Crippen LogP contribution in [0.5, 0.6) is 0 Å².